The summed E-state index contributed by atoms with van der Waals surface area (Å²) in [5.41, 5.74) is 2.42. The molecule has 0 saturated carbocycles. The van der Waals surface area contributed by atoms with Gasteiger partial charge in [0.1, 0.15) is 17.3 Å². The lowest BCUT2D eigenvalue weighted by molar-refractivity contribution is -0.138. The van der Waals surface area contributed by atoms with Gasteiger partial charge in [-0.25, -0.2) is 4.39 Å². The van der Waals surface area contributed by atoms with Crippen molar-refractivity contribution >= 4 is 5.91 Å². The number of hydrogen-bond donors (Lipinski definition) is 0. The Labute approximate surface area is 167 Å². The van der Waals surface area contributed by atoms with Crippen molar-refractivity contribution in [3.05, 3.63) is 65.6 Å². The van der Waals surface area contributed by atoms with Gasteiger partial charge in [-0.3, -0.25) is 4.79 Å². The van der Waals surface area contributed by atoms with Crippen LogP contribution in [0.4, 0.5) is 4.39 Å². The number of aromatic nitrogens is 1. The fourth-order valence-corrected chi connectivity index (χ4v) is 3.39. The van der Waals surface area contributed by atoms with E-state index in [4.69, 9.17) is 14.0 Å². The Balaban J connectivity index is 1.47. The fraction of sp³-hybridized carbons (Fsp3) is 0.273. The molecule has 3 aromatic rings. The van der Waals surface area contributed by atoms with E-state index in [1.807, 2.05) is 0 Å². The number of carbonyl (C=O) groups excluding carboxylic acids is 1. The summed E-state index contributed by atoms with van der Waals surface area (Å²) < 4.78 is 29.7. The molecule has 4 rings (SSSR count). The van der Waals surface area contributed by atoms with Gasteiger partial charge < -0.3 is 18.9 Å². The maximum atomic E-state index is 13.2. The van der Waals surface area contributed by atoms with Crippen LogP contribution < -0.4 is 9.47 Å². The molecule has 1 aliphatic heterocycles. The van der Waals surface area contributed by atoms with E-state index in [2.05, 4.69) is 5.16 Å². The molecule has 7 heteroatoms. The lowest BCUT2D eigenvalue weighted by Crippen LogP contribution is -2.43. The monoisotopic (exact) mass is 396 g/mol. The van der Waals surface area contributed by atoms with Crippen LogP contribution >= 0.6 is 0 Å². The minimum absolute atomic E-state index is 0.113. The minimum atomic E-state index is -0.640. The molecule has 0 aliphatic carbocycles. The molecule has 0 saturated heterocycles. The molecule has 0 N–H and O–H groups in total. The molecule has 1 unspecified atom stereocenters. The summed E-state index contributed by atoms with van der Waals surface area (Å²) in [4.78, 5) is 14.7. The number of ether oxygens (including phenoxy) is 2. The average molecular weight is 396 g/mol. The average Bonchev–Trinajstić information content (AvgIpc) is 3.17. The van der Waals surface area contributed by atoms with Crippen LogP contribution in [0.15, 0.2) is 53.1 Å². The second-order valence-electron chi connectivity index (χ2n) is 6.89. The van der Waals surface area contributed by atoms with E-state index >= 15 is 0 Å². The van der Waals surface area contributed by atoms with Gasteiger partial charge in [-0.1, -0.05) is 5.16 Å². The Kier molecular flexibility index (Phi) is 5.20. The highest BCUT2D eigenvalue weighted by atomic mass is 19.1. The molecule has 29 heavy (non-hydrogen) atoms. The molecule has 2 aromatic carbocycles. The number of carbonyl (C=O) groups is 1. The third-order valence-electron chi connectivity index (χ3n) is 4.98. The molecule has 1 atom stereocenters. The number of nitrogens with zero attached hydrogens (tertiary/aromatic N) is 2. The van der Waals surface area contributed by atoms with Gasteiger partial charge in [-0.15, -0.1) is 0 Å². The number of hydrogen-bond acceptors (Lipinski definition) is 5. The van der Waals surface area contributed by atoms with Gasteiger partial charge in [0.2, 0.25) is 0 Å². The van der Waals surface area contributed by atoms with E-state index in [9.17, 15) is 9.18 Å². The van der Waals surface area contributed by atoms with Gasteiger partial charge in [-0.05, 0) is 55.5 Å². The summed E-state index contributed by atoms with van der Waals surface area (Å²) in [6.45, 7) is 2.65. The maximum Gasteiger partial charge on any atom is 0.263 e. The molecule has 1 aliphatic rings. The number of fused-ring (bicyclic) bond motifs is 1. The molecule has 150 valence electrons. The highest BCUT2D eigenvalue weighted by molar-refractivity contribution is 5.81. The van der Waals surface area contributed by atoms with Crippen molar-refractivity contribution in [2.75, 3.05) is 13.7 Å². The minimum Gasteiger partial charge on any atom is -0.497 e. The summed E-state index contributed by atoms with van der Waals surface area (Å²) in [5, 5.41) is 4.13. The maximum absolute atomic E-state index is 13.2. The summed E-state index contributed by atoms with van der Waals surface area (Å²) in [6, 6.07) is 13.1. The molecule has 0 spiro atoms. The Bertz CT molecular complexity index is 999. The molecule has 6 nitrogen and oxygen atoms in total. The zero-order valence-corrected chi connectivity index (χ0v) is 16.2. The quantitative estimate of drug-likeness (QED) is 0.656. The van der Waals surface area contributed by atoms with E-state index in [1.165, 1.54) is 12.1 Å². The summed E-state index contributed by atoms with van der Waals surface area (Å²) >= 11 is 0. The second-order valence-corrected chi connectivity index (χ2v) is 6.89. The molecular formula is C22H21FN2O4. The number of benzene rings is 2. The normalized spacial score (nSPS) is 14.2. The Morgan fingerprint density at radius 3 is 2.52 bits per heavy atom. The largest absolute Gasteiger partial charge is 0.497 e. The molecular weight excluding hydrogens is 375 g/mol. The van der Waals surface area contributed by atoms with E-state index in [0.717, 1.165) is 22.6 Å². The smallest absolute Gasteiger partial charge is 0.263 e. The first-order valence-electron chi connectivity index (χ1n) is 9.38. The van der Waals surface area contributed by atoms with Crippen LogP contribution in [0.3, 0.4) is 0 Å². The van der Waals surface area contributed by atoms with E-state index < -0.39 is 6.10 Å². The first kappa shape index (κ1) is 19.0. The van der Waals surface area contributed by atoms with Crippen molar-refractivity contribution in [3.8, 4) is 22.8 Å². The third-order valence-corrected chi connectivity index (χ3v) is 4.98. The van der Waals surface area contributed by atoms with Crippen molar-refractivity contribution in [2.24, 2.45) is 0 Å². The van der Waals surface area contributed by atoms with Crippen molar-refractivity contribution in [1.82, 2.24) is 10.1 Å². The van der Waals surface area contributed by atoms with Gasteiger partial charge in [0.15, 0.2) is 11.9 Å². The zero-order valence-electron chi connectivity index (χ0n) is 16.2. The van der Waals surface area contributed by atoms with Crippen molar-refractivity contribution in [3.63, 3.8) is 0 Å². The van der Waals surface area contributed by atoms with Gasteiger partial charge in [0.25, 0.3) is 5.91 Å². The van der Waals surface area contributed by atoms with Crippen LogP contribution in [0.25, 0.3) is 11.3 Å². The van der Waals surface area contributed by atoms with Crippen LogP contribution in [-0.4, -0.2) is 35.7 Å². The first-order valence-corrected chi connectivity index (χ1v) is 9.38. The number of halogens is 1. The Hall–Kier alpha value is -3.35. The lowest BCUT2D eigenvalue weighted by atomic mass is 10.0. The summed E-state index contributed by atoms with van der Waals surface area (Å²) in [5.74, 6) is 1.46. The van der Waals surface area contributed by atoms with Crippen molar-refractivity contribution in [2.45, 2.75) is 26.0 Å². The molecule has 0 radical (unpaired) electrons. The highest BCUT2D eigenvalue weighted by Gasteiger charge is 2.30. The SMILES string of the molecule is COc1ccc(OC(C)C(=O)N2CCc3noc(-c4ccc(F)cc4)c3C2)cc1. The van der Waals surface area contributed by atoms with Crippen LogP contribution in [0, 0.1) is 5.82 Å². The summed E-state index contributed by atoms with van der Waals surface area (Å²) in [6.07, 6.45) is -0.0415. The van der Waals surface area contributed by atoms with E-state index in [1.54, 1.807) is 55.3 Å². The van der Waals surface area contributed by atoms with Gasteiger partial charge in [-0.2, -0.15) is 0 Å². The van der Waals surface area contributed by atoms with Crippen LogP contribution in [0.5, 0.6) is 11.5 Å². The van der Waals surface area contributed by atoms with E-state index in [-0.39, 0.29) is 11.7 Å². The zero-order chi connectivity index (χ0) is 20.4. The number of methoxy groups -OCH3 is 1. The predicted molar refractivity (Wildman–Crippen MR) is 104 cm³/mol. The highest BCUT2D eigenvalue weighted by Crippen LogP contribution is 2.31. The predicted octanol–water partition coefficient (Wildman–Crippen LogP) is 3.84. The molecule has 0 fully saturated rings. The van der Waals surface area contributed by atoms with Crippen LogP contribution in [-0.2, 0) is 17.8 Å². The van der Waals surface area contributed by atoms with Gasteiger partial charge >= 0.3 is 0 Å². The standard InChI is InChI=1S/C22H21FN2O4/c1-14(28-18-9-7-17(27-2)8-10-18)22(26)25-12-11-20-19(13-25)21(29-24-20)15-3-5-16(23)6-4-15/h3-10,14H,11-13H2,1-2H3. The van der Waals surface area contributed by atoms with Crippen molar-refractivity contribution in [1.29, 1.82) is 0 Å². The Morgan fingerprint density at radius 2 is 1.83 bits per heavy atom. The number of amides is 1. The van der Waals surface area contributed by atoms with Crippen LogP contribution in [0.1, 0.15) is 18.2 Å². The molecule has 0 bridgehead atoms. The topological polar surface area (TPSA) is 64.8 Å². The van der Waals surface area contributed by atoms with Crippen molar-refractivity contribution < 1.29 is 23.2 Å². The van der Waals surface area contributed by atoms with Gasteiger partial charge in [0.05, 0.1) is 19.3 Å². The molecule has 1 aromatic heterocycles. The number of rotatable bonds is 5. The van der Waals surface area contributed by atoms with Gasteiger partial charge in [0, 0.05) is 24.1 Å². The third kappa shape index (κ3) is 3.94. The Morgan fingerprint density at radius 1 is 1.14 bits per heavy atom. The van der Waals surface area contributed by atoms with Crippen LogP contribution in [0.2, 0.25) is 0 Å². The first-order chi connectivity index (χ1) is 14.0. The lowest BCUT2D eigenvalue weighted by Gasteiger charge is -2.29. The van der Waals surface area contributed by atoms with E-state index in [0.29, 0.717) is 31.0 Å². The second kappa shape index (κ2) is 7.95. The fourth-order valence-electron chi connectivity index (χ4n) is 3.39. The molecule has 2 heterocycles. The molecule has 1 amide bonds. The summed E-state index contributed by atoms with van der Waals surface area (Å²) in [7, 11) is 1.59.